The minimum absolute atomic E-state index is 0.146. The zero-order chi connectivity index (χ0) is 13.1. The van der Waals surface area contributed by atoms with E-state index in [1.165, 1.54) is 0 Å². The molecular weight excluding hydrogens is 202 g/mol. The zero-order valence-electron chi connectivity index (χ0n) is 12.0. The Morgan fingerprint density at radius 2 is 1.50 bits per heavy atom. The number of hydrogen-bond acceptors (Lipinski definition) is 3. The van der Waals surface area contributed by atoms with Crippen LogP contribution in [0.15, 0.2) is 0 Å². The summed E-state index contributed by atoms with van der Waals surface area (Å²) in [7, 11) is 0. The molecule has 0 aliphatic carbocycles. The second-order valence-electron chi connectivity index (χ2n) is 6.65. The van der Waals surface area contributed by atoms with Crippen LogP contribution in [0, 0.1) is 5.41 Å². The van der Waals surface area contributed by atoms with Gasteiger partial charge in [0.1, 0.15) is 11.6 Å². The molecule has 0 fully saturated rings. The standard InChI is InChI=1S/C13H27NO2/c1-9(2)14-10(12(3,4)5)11(15)16-13(6,7)8/h9-10,14H,1-8H3. The number of hydrogen-bond donors (Lipinski definition) is 1. The molecule has 96 valence electrons. The Labute approximate surface area is 99.9 Å². The van der Waals surface area contributed by atoms with Crippen LogP contribution in [-0.4, -0.2) is 23.7 Å². The van der Waals surface area contributed by atoms with Gasteiger partial charge >= 0.3 is 5.97 Å². The highest BCUT2D eigenvalue weighted by Gasteiger charge is 2.34. The molecule has 1 unspecified atom stereocenters. The average molecular weight is 229 g/mol. The summed E-state index contributed by atoms with van der Waals surface area (Å²) in [5.74, 6) is -0.172. The number of ether oxygens (including phenoxy) is 1. The maximum atomic E-state index is 12.1. The summed E-state index contributed by atoms with van der Waals surface area (Å²) >= 11 is 0. The van der Waals surface area contributed by atoms with Gasteiger partial charge in [-0.25, -0.2) is 0 Å². The third-order valence-electron chi connectivity index (χ3n) is 2.01. The molecule has 16 heavy (non-hydrogen) atoms. The summed E-state index contributed by atoms with van der Waals surface area (Å²) in [5, 5.41) is 3.27. The summed E-state index contributed by atoms with van der Waals surface area (Å²) in [4.78, 5) is 12.1. The second-order valence-corrected chi connectivity index (χ2v) is 6.65. The molecule has 0 aromatic rings. The molecule has 3 heteroatoms. The van der Waals surface area contributed by atoms with E-state index in [1.807, 2.05) is 55.4 Å². The fourth-order valence-corrected chi connectivity index (χ4v) is 1.37. The maximum absolute atomic E-state index is 12.1. The molecule has 0 aliphatic rings. The monoisotopic (exact) mass is 229 g/mol. The third-order valence-corrected chi connectivity index (χ3v) is 2.01. The Hall–Kier alpha value is -0.570. The van der Waals surface area contributed by atoms with Gasteiger partial charge in [-0.05, 0) is 26.2 Å². The molecule has 3 nitrogen and oxygen atoms in total. The van der Waals surface area contributed by atoms with Crippen molar-refractivity contribution in [1.82, 2.24) is 5.32 Å². The molecule has 0 radical (unpaired) electrons. The van der Waals surface area contributed by atoms with Crippen LogP contribution in [0.3, 0.4) is 0 Å². The largest absolute Gasteiger partial charge is 0.459 e. The lowest BCUT2D eigenvalue weighted by molar-refractivity contribution is -0.160. The number of carbonyl (C=O) groups excluding carboxylic acids is 1. The molecule has 0 saturated carbocycles. The van der Waals surface area contributed by atoms with Crippen molar-refractivity contribution in [2.24, 2.45) is 5.41 Å². The summed E-state index contributed by atoms with van der Waals surface area (Å²) in [6.45, 7) is 15.8. The van der Waals surface area contributed by atoms with E-state index < -0.39 is 5.60 Å². The van der Waals surface area contributed by atoms with Crippen LogP contribution < -0.4 is 5.32 Å². The van der Waals surface area contributed by atoms with Gasteiger partial charge in [0, 0.05) is 6.04 Å². The van der Waals surface area contributed by atoms with Crippen LogP contribution in [0.4, 0.5) is 0 Å². The Morgan fingerprint density at radius 1 is 1.06 bits per heavy atom. The van der Waals surface area contributed by atoms with Crippen molar-refractivity contribution in [1.29, 1.82) is 0 Å². The van der Waals surface area contributed by atoms with Gasteiger partial charge in [0.2, 0.25) is 0 Å². The van der Waals surface area contributed by atoms with Crippen LogP contribution in [0.1, 0.15) is 55.4 Å². The lowest BCUT2D eigenvalue weighted by Crippen LogP contribution is -2.51. The normalized spacial score (nSPS) is 15.1. The van der Waals surface area contributed by atoms with E-state index >= 15 is 0 Å². The number of esters is 1. The first-order chi connectivity index (χ1) is 6.93. The summed E-state index contributed by atoms with van der Waals surface area (Å²) in [6.07, 6.45) is 0. The van der Waals surface area contributed by atoms with Crippen LogP contribution in [0.5, 0.6) is 0 Å². The summed E-state index contributed by atoms with van der Waals surface area (Å²) < 4.78 is 5.43. The van der Waals surface area contributed by atoms with Gasteiger partial charge in [0.15, 0.2) is 0 Å². The molecule has 0 rings (SSSR count). The number of nitrogens with one attached hydrogen (secondary N) is 1. The fraction of sp³-hybridized carbons (Fsp3) is 0.923. The van der Waals surface area contributed by atoms with Gasteiger partial charge in [-0.2, -0.15) is 0 Å². The Balaban J connectivity index is 4.71. The molecule has 1 atom stereocenters. The van der Waals surface area contributed by atoms with E-state index in [0.717, 1.165) is 0 Å². The number of rotatable bonds is 3. The van der Waals surface area contributed by atoms with Gasteiger partial charge in [-0.15, -0.1) is 0 Å². The average Bonchev–Trinajstić information content (AvgIpc) is 1.93. The van der Waals surface area contributed by atoms with Gasteiger partial charge in [0.05, 0.1) is 0 Å². The van der Waals surface area contributed by atoms with E-state index in [4.69, 9.17) is 4.74 Å². The smallest absolute Gasteiger partial charge is 0.324 e. The van der Waals surface area contributed by atoms with Gasteiger partial charge in [0.25, 0.3) is 0 Å². The molecule has 0 aromatic carbocycles. The highest BCUT2D eigenvalue weighted by Crippen LogP contribution is 2.22. The van der Waals surface area contributed by atoms with E-state index in [0.29, 0.717) is 0 Å². The van der Waals surface area contributed by atoms with E-state index in [2.05, 4.69) is 5.32 Å². The van der Waals surface area contributed by atoms with Gasteiger partial charge in [-0.3, -0.25) is 4.79 Å². The molecule has 0 saturated heterocycles. The minimum Gasteiger partial charge on any atom is -0.459 e. The van der Waals surface area contributed by atoms with Gasteiger partial charge < -0.3 is 10.1 Å². The Bertz CT molecular complexity index is 233. The van der Waals surface area contributed by atoms with Crippen molar-refractivity contribution in [3.05, 3.63) is 0 Å². The first kappa shape index (κ1) is 15.4. The van der Waals surface area contributed by atoms with Crippen LogP contribution >= 0.6 is 0 Å². The quantitative estimate of drug-likeness (QED) is 0.756. The molecule has 1 N–H and O–H groups in total. The lowest BCUT2D eigenvalue weighted by Gasteiger charge is -2.33. The van der Waals surface area contributed by atoms with E-state index in [-0.39, 0.29) is 23.5 Å². The van der Waals surface area contributed by atoms with Crippen molar-refractivity contribution in [2.45, 2.75) is 73.1 Å². The maximum Gasteiger partial charge on any atom is 0.324 e. The molecule has 0 bridgehead atoms. The highest BCUT2D eigenvalue weighted by molar-refractivity contribution is 5.77. The first-order valence-electron chi connectivity index (χ1n) is 5.92. The van der Waals surface area contributed by atoms with Gasteiger partial charge in [-0.1, -0.05) is 34.6 Å². The molecule has 0 amide bonds. The highest BCUT2D eigenvalue weighted by atomic mass is 16.6. The van der Waals surface area contributed by atoms with E-state index in [1.54, 1.807) is 0 Å². The van der Waals surface area contributed by atoms with E-state index in [9.17, 15) is 4.79 Å². The fourth-order valence-electron chi connectivity index (χ4n) is 1.37. The SMILES string of the molecule is CC(C)NC(C(=O)OC(C)(C)C)C(C)(C)C. The first-order valence-corrected chi connectivity index (χ1v) is 5.92. The zero-order valence-corrected chi connectivity index (χ0v) is 12.0. The number of carbonyl (C=O) groups is 1. The van der Waals surface area contributed by atoms with Crippen LogP contribution in [0.2, 0.25) is 0 Å². The predicted molar refractivity (Wildman–Crippen MR) is 67.4 cm³/mol. The minimum atomic E-state index is -0.431. The van der Waals surface area contributed by atoms with Crippen molar-refractivity contribution >= 4 is 5.97 Å². The molecular formula is C13H27NO2. The van der Waals surface area contributed by atoms with Crippen LogP contribution in [-0.2, 0) is 9.53 Å². The molecule has 0 spiro atoms. The second kappa shape index (κ2) is 5.17. The Morgan fingerprint density at radius 3 is 1.75 bits per heavy atom. The third kappa shape index (κ3) is 6.11. The van der Waals surface area contributed by atoms with Crippen molar-refractivity contribution in [3.8, 4) is 0 Å². The Kier molecular flexibility index (Phi) is 4.99. The predicted octanol–water partition coefficient (Wildman–Crippen LogP) is 2.74. The van der Waals surface area contributed by atoms with Crippen molar-refractivity contribution in [2.75, 3.05) is 0 Å². The van der Waals surface area contributed by atoms with Crippen molar-refractivity contribution in [3.63, 3.8) is 0 Å². The van der Waals surface area contributed by atoms with Crippen LogP contribution in [0.25, 0.3) is 0 Å². The molecule has 0 aliphatic heterocycles. The molecule has 0 heterocycles. The van der Waals surface area contributed by atoms with Crippen molar-refractivity contribution < 1.29 is 9.53 Å². The topological polar surface area (TPSA) is 38.3 Å². The molecule has 0 aromatic heterocycles. The summed E-state index contributed by atoms with van der Waals surface area (Å²) in [5.41, 5.74) is -0.578. The lowest BCUT2D eigenvalue weighted by atomic mass is 9.86. The summed E-state index contributed by atoms with van der Waals surface area (Å²) in [6, 6.07) is -0.0107.